The topological polar surface area (TPSA) is 0 Å². The van der Waals surface area contributed by atoms with Gasteiger partial charge in [0.05, 0.1) is 0 Å². The van der Waals surface area contributed by atoms with Gasteiger partial charge in [0.25, 0.3) is 0 Å². The summed E-state index contributed by atoms with van der Waals surface area (Å²) in [6.07, 6.45) is 2.12. The van der Waals surface area contributed by atoms with Crippen molar-refractivity contribution in [2.24, 2.45) is 0 Å². The highest BCUT2D eigenvalue weighted by Gasteiger charge is 2.05. The molecule has 0 spiro atoms. The largest absolute Gasteiger partial charge is 0.106 e. The Bertz CT molecular complexity index is 901. The second-order valence-corrected chi connectivity index (χ2v) is 5.18. The summed E-state index contributed by atoms with van der Waals surface area (Å²) in [7, 11) is 0. The van der Waals surface area contributed by atoms with Crippen LogP contribution in [0.25, 0.3) is 34.6 Å². The first-order chi connectivity index (χ1) is 10.7. The molecule has 0 unspecified atom stereocenters. The predicted octanol–water partition coefficient (Wildman–Crippen LogP) is 4.83. The van der Waals surface area contributed by atoms with Gasteiger partial charge in [-0.2, -0.15) is 0 Å². The summed E-state index contributed by atoms with van der Waals surface area (Å²) in [4.78, 5) is 0. The summed E-state index contributed by atoms with van der Waals surface area (Å²) in [5.41, 5.74) is 3.90. The number of rotatable bonds is 1. The van der Waals surface area contributed by atoms with Gasteiger partial charge in [-0.05, 0) is 63.9 Å². The molecule has 22 heavy (non-hydrogen) atoms. The van der Waals surface area contributed by atoms with Crippen LogP contribution in [0.3, 0.4) is 0 Å². The maximum absolute atomic E-state index is 4.13. The van der Waals surface area contributed by atoms with Gasteiger partial charge >= 0.3 is 0 Å². The van der Waals surface area contributed by atoms with Crippen molar-refractivity contribution in [1.82, 2.24) is 0 Å². The van der Waals surface area contributed by atoms with E-state index in [0.29, 0.717) is 0 Å². The highest BCUT2D eigenvalue weighted by atomic mass is 14.1. The Balaban J connectivity index is 0.000000847. The molecule has 0 saturated carbocycles. The molecule has 0 fully saturated rings. The Labute approximate surface area is 132 Å². The molecule has 0 aliphatic heterocycles. The molecule has 3 rings (SSSR count). The van der Waals surface area contributed by atoms with Crippen LogP contribution in [0.5, 0.6) is 0 Å². The lowest BCUT2D eigenvalue weighted by Gasteiger charge is -2.10. The van der Waals surface area contributed by atoms with Gasteiger partial charge in [0.1, 0.15) is 0 Å². The third kappa shape index (κ3) is 2.87. The summed E-state index contributed by atoms with van der Waals surface area (Å²) in [5.74, 6) is 0. The number of aryl methyl sites for hydroxylation is 1. The van der Waals surface area contributed by atoms with Gasteiger partial charge in [-0.25, -0.2) is 0 Å². The van der Waals surface area contributed by atoms with Gasteiger partial charge in [0, 0.05) is 0 Å². The highest BCUT2D eigenvalue weighted by Crippen LogP contribution is 2.29. The molecule has 0 bridgehead atoms. The molecular formula is C22H22. The smallest absolute Gasteiger partial charge is 0.00991 e. The quantitative estimate of drug-likeness (QED) is 0.562. The average Bonchev–Trinajstić information content (AvgIpc) is 2.56. The van der Waals surface area contributed by atoms with Crippen LogP contribution in [0.2, 0.25) is 0 Å². The fourth-order valence-electron chi connectivity index (χ4n) is 2.77. The van der Waals surface area contributed by atoms with Gasteiger partial charge in [-0.1, -0.05) is 55.1 Å². The Kier molecular flexibility index (Phi) is 4.95. The first-order valence-electron chi connectivity index (χ1n) is 7.45. The van der Waals surface area contributed by atoms with Gasteiger partial charge in [0.2, 0.25) is 0 Å². The molecule has 0 N–H and O–H groups in total. The van der Waals surface area contributed by atoms with Gasteiger partial charge < -0.3 is 0 Å². The van der Waals surface area contributed by atoms with Crippen molar-refractivity contribution in [3.63, 3.8) is 0 Å². The maximum atomic E-state index is 4.13. The van der Waals surface area contributed by atoms with E-state index in [1.165, 1.54) is 32.7 Å². The van der Waals surface area contributed by atoms with E-state index in [4.69, 9.17) is 0 Å². The highest BCUT2D eigenvalue weighted by molar-refractivity contribution is 5.97. The zero-order valence-corrected chi connectivity index (χ0v) is 13.4. The molecule has 0 nitrogen and oxygen atoms in total. The zero-order chi connectivity index (χ0) is 16.1. The maximum Gasteiger partial charge on any atom is -0.00991 e. The predicted molar refractivity (Wildman–Crippen MR) is 100 cm³/mol. The molecule has 0 aliphatic carbocycles. The zero-order valence-electron chi connectivity index (χ0n) is 13.4. The van der Waals surface area contributed by atoms with Crippen molar-refractivity contribution >= 4 is 23.4 Å². The molecule has 0 radical (unpaired) electrons. The van der Waals surface area contributed by atoms with E-state index in [9.17, 15) is 0 Å². The van der Waals surface area contributed by atoms with Crippen LogP contribution in [0, 0.1) is 6.92 Å². The molecule has 3 aromatic carbocycles. The van der Waals surface area contributed by atoms with E-state index in [2.05, 4.69) is 94.3 Å². The van der Waals surface area contributed by atoms with Crippen LogP contribution < -0.4 is 10.4 Å². The Hall–Kier alpha value is -2.60. The van der Waals surface area contributed by atoms with E-state index in [0.717, 1.165) is 5.22 Å². The first kappa shape index (κ1) is 15.8. The number of hydrogen-bond donors (Lipinski definition) is 0. The van der Waals surface area contributed by atoms with E-state index in [1.54, 1.807) is 0 Å². The van der Waals surface area contributed by atoms with Crippen LogP contribution >= 0.6 is 0 Å². The molecular weight excluding hydrogens is 264 g/mol. The Morgan fingerprint density at radius 2 is 1.55 bits per heavy atom. The first-order valence-corrected chi connectivity index (χ1v) is 7.45. The molecule has 0 aliphatic rings. The standard InChI is InChI=1S/C20H18.C2H4/c1-4-16-13-20-17(12-15(16)3)9-7-11-19(20)18-10-6-5-8-14(18)2;1-2/h4-13H,3H2,1-2H3;1-2H2/b16-4-;. The normalized spacial score (nSPS) is 11.1. The molecule has 0 heterocycles. The van der Waals surface area contributed by atoms with E-state index >= 15 is 0 Å². The molecule has 0 aromatic heterocycles. The second kappa shape index (κ2) is 6.91. The summed E-state index contributed by atoms with van der Waals surface area (Å²) in [6, 6.07) is 19.4. The fraction of sp³-hybridized carbons (Fsp3) is 0.0909. The lowest BCUT2D eigenvalue weighted by molar-refractivity contribution is 1.46. The fourth-order valence-corrected chi connectivity index (χ4v) is 2.77. The lowest BCUT2D eigenvalue weighted by Crippen LogP contribution is -2.21. The van der Waals surface area contributed by atoms with Crippen LogP contribution in [0.1, 0.15) is 12.5 Å². The summed E-state index contributed by atoms with van der Waals surface area (Å²) in [5, 5.41) is 4.84. The van der Waals surface area contributed by atoms with Gasteiger partial charge in [-0.3, -0.25) is 0 Å². The Morgan fingerprint density at radius 3 is 2.23 bits per heavy atom. The SMILES string of the molecule is C=C.C=c1cc2cccc(-c3ccccc3C)c2c/c1=C/C. The lowest BCUT2D eigenvalue weighted by atomic mass is 9.94. The van der Waals surface area contributed by atoms with Crippen molar-refractivity contribution < 1.29 is 0 Å². The number of fused-ring (bicyclic) bond motifs is 1. The van der Waals surface area contributed by atoms with E-state index < -0.39 is 0 Å². The van der Waals surface area contributed by atoms with Crippen molar-refractivity contribution in [3.8, 4) is 11.1 Å². The van der Waals surface area contributed by atoms with E-state index in [1.807, 2.05) is 0 Å². The average molecular weight is 286 g/mol. The molecule has 3 aromatic rings. The minimum Gasteiger partial charge on any atom is -0.106 e. The minimum absolute atomic E-state index is 1.09. The van der Waals surface area contributed by atoms with Crippen molar-refractivity contribution in [1.29, 1.82) is 0 Å². The second-order valence-electron chi connectivity index (χ2n) is 5.18. The molecule has 110 valence electrons. The van der Waals surface area contributed by atoms with Crippen molar-refractivity contribution in [2.75, 3.05) is 0 Å². The summed E-state index contributed by atoms with van der Waals surface area (Å²) >= 11 is 0. The number of benzene rings is 3. The molecule has 0 saturated heterocycles. The van der Waals surface area contributed by atoms with Crippen LogP contribution in [-0.2, 0) is 0 Å². The van der Waals surface area contributed by atoms with Crippen molar-refractivity contribution in [2.45, 2.75) is 13.8 Å². The van der Waals surface area contributed by atoms with Crippen molar-refractivity contribution in [3.05, 3.63) is 83.8 Å². The van der Waals surface area contributed by atoms with Crippen LogP contribution in [-0.4, -0.2) is 0 Å². The monoisotopic (exact) mass is 286 g/mol. The van der Waals surface area contributed by atoms with E-state index in [-0.39, 0.29) is 0 Å². The van der Waals surface area contributed by atoms with Gasteiger partial charge in [0.15, 0.2) is 0 Å². The Morgan fingerprint density at radius 1 is 0.864 bits per heavy atom. The molecule has 0 atom stereocenters. The number of hydrogen-bond acceptors (Lipinski definition) is 0. The molecule has 0 heteroatoms. The summed E-state index contributed by atoms with van der Waals surface area (Å²) < 4.78 is 0. The third-order valence-corrected chi connectivity index (χ3v) is 3.89. The van der Waals surface area contributed by atoms with Crippen LogP contribution in [0.15, 0.2) is 67.8 Å². The third-order valence-electron chi connectivity index (χ3n) is 3.89. The minimum atomic E-state index is 1.09. The molecule has 0 amide bonds. The van der Waals surface area contributed by atoms with Gasteiger partial charge in [-0.15, -0.1) is 13.2 Å². The van der Waals surface area contributed by atoms with Crippen LogP contribution in [0.4, 0.5) is 0 Å². The summed E-state index contributed by atoms with van der Waals surface area (Å²) in [6.45, 7) is 14.4.